The maximum Gasteiger partial charge on any atom is 0.277 e. The van der Waals surface area contributed by atoms with Crippen LogP contribution in [0.25, 0.3) is 16.6 Å². The molecule has 5 rings (SSSR count). The number of nitrogens with zero attached hydrogens (tertiary/aromatic N) is 4. The predicted octanol–water partition coefficient (Wildman–Crippen LogP) is 1.36. The number of amides is 1. The van der Waals surface area contributed by atoms with Crippen molar-refractivity contribution in [2.24, 2.45) is 0 Å². The summed E-state index contributed by atoms with van der Waals surface area (Å²) in [5, 5.41) is 10.9. The van der Waals surface area contributed by atoms with Gasteiger partial charge in [0.15, 0.2) is 11.2 Å². The molecule has 0 saturated heterocycles. The largest absolute Gasteiger partial charge is 0.349 e. The molecule has 0 atom stereocenters. The molecule has 8 nitrogen and oxygen atoms in total. The molecule has 2 aromatic carbocycles. The Morgan fingerprint density at radius 3 is 2.79 bits per heavy atom. The quantitative estimate of drug-likeness (QED) is 0.550. The zero-order valence-corrected chi connectivity index (χ0v) is 15.8. The van der Waals surface area contributed by atoms with Gasteiger partial charge in [-0.05, 0) is 29.7 Å². The molecule has 1 aliphatic heterocycles. The van der Waals surface area contributed by atoms with Crippen LogP contribution in [0.4, 0.5) is 0 Å². The SMILES string of the molecule is O=C(NCCN1CCc2ccccc2C1)c1nnn2c1c(=O)[nH]c1ccccc12. The summed E-state index contributed by atoms with van der Waals surface area (Å²) in [5.74, 6) is -0.391. The van der Waals surface area contributed by atoms with Gasteiger partial charge in [-0.3, -0.25) is 14.5 Å². The summed E-state index contributed by atoms with van der Waals surface area (Å²) in [5.41, 5.74) is 3.90. The number of fused-ring (bicyclic) bond motifs is 4. The van der Waals surface area contributed by atoms with Gasteiger partial charge in [0.2, 0.25) is 0 Å². The van der Waals surface area contributed by atoms with Crippen molar-refractivity contribution in [3.63, 3.8) is 0 Å². The highest BCUT2D eigenvalue weighted by molar-refractivity contribution is 5.99. The van der Waals surface area contributed by atoms with Gasteiger partial charge in [0.05, 0.1) is 11.0 Å². The van der Waals surface area contributed by atoms with Gasteiger partial charge in [0.1, 0.15) is 0 Å². The topological polar surface area (TPSA) is 95.4 Å². The lowest BCUT2D eigenvalue weighted by molar-refractivity contribution is 0.0944. The lowest BCUT2D eigenvalue weighted by Crippen LogP contribution is -2.38. The summed E-state index contributed by atoms with van der Waals surface area (Å²) in [6.07, 6.45) is 1.02. The molecular formula is C21H20N6O2. The summed E-state index contributed by atoms with van der Waals surface area (Å²) in [6.45, 7) is 3.06. The van der Waals surface area contributed by atoms with Crippen LogP contribution in [0.1, 0.15) is 21.6 Å². The number of hydrogen-bond donors (Lipinski definition) is 2. The van der Waals surface area contributed by atoms with Crippen molar-refractivity contribution in [3.05, 3.63) is 75.7 Å². The van der Waals surface area contributed by atoms with Crippen LogP contribution < -0.4 is 10.9 Å². The second-order valence-electron chi connectivity index (χ2n) is 7.22. The van der Waals surface area contributed by atoms with Crippen LogP contribution in [0, 0.1) is 0 Å². The van der Waals surface area contributed by atoms with E-state index in [2.05, 4.69) is 49.8 Å². The van der Waals surface area contributed by atoms with Crippen molar-refractivity contribution in [1.82, 2.24) is 30.0 Å². The molecule has 0 saturated carbocycles. The van der Waals surface area contributed by atoms with E-state index in [0.717, 1.165) is 26.1 Å². The Bertz CT molecular complexity index is 1280. The first kappa shape index (κ1) is 17.6. The average molecular weight is 388 g/mol. The molecule has 0 radical (unpaired) electrons. The highest BCUT2D eigenvalue weighted by atomic mass is 16.2. The van der Waals surface area contributed by atoms with E-state index in [1.165, 1.54) is 15.6 Å². The van der Waals surface area contributed by atoms with Crippen molar-refractivity contribution in [3.8, 4) is 0 Å². The summed E-state index contributed by atoms with van der Waals surface area (Å²) in [4.78, 5) is 30.2. The highest BCUT2D eigenvalue weighted by Crippen LogP contribution is 2.18. The molecule has 0 fully saturated rings. The molecule has 0 aliphatic carbocycles. The van der Waals surface area contributed by atoms with Crippen LogP contribution in [0.15, 0.2) is 53.3 Å². The van der Waals surface area contributed by atoms with Crippen LogP contribution in [0.5, 0.6) is 0 Å². The van der Waals surface area contributed by atoms with E-state index in [4.69, 9.17) is 0 Å². The number of aromatic amines is 1. The van der Waals surface area contributed by atoms with Crippen LogP contribution >= 0.6 is 0 Å². The summed E-state index contributed by atoms with van der Waals surface area (Å²) >= 11 is 0. The van der Waals surface area contributed by atoms with Crippen molar-refractivity contribution in [1.29, 1.82) is 0 Å². The van der Waals surface area contributed by atoms with Crippen LogP contribution in [0.3, 0.4) is 0 Å². The van der Waals surface area contributed by atoms with Crippen molar-refractivity contribution >= 4 is 22.5 Å². The number of benzene rings is 2. The van der Waals surface area contributed by atoms with E-state index in [9.17, 15) is 9.59 Å². The molecule has 1 amide bonds. The Kier molecular flexibility index (Phi) is 4.33. The summed E-state index contributed by atoms with van der Waals surface area (Å²) in [7, 11) is 0. The number of carbonyl (C=O) groups excluding carboxylic acids is 1. The van der Waals surface area contributed by atoms with E-state index in [0.29, 0.717) is 17.6 Å². The Balaban J connectivity index is 1.30. The van der Waals surface area contributed by atoms with Crippen molar-refractivity contribution in [2.75, 3.05) is 19.6 Å². The summed E-state index contributed by atoms with van der Waals surface area (Å²) in [6, 6.07) is 15.7. The first-order valence-corrected chi connectivity index (χ1v) is 9.64. The number of rotatable bonds is 4. The maximum absolute atomic E-state index is 12.6. The Hall–Kier alpha value is -3.52. The number of aromatic nitrogens is 4. The van der Waals surface area contributed by atoms with Gasteiger partial charge in [0, 0.05) is 26.2 Å². The lowest BCUT2D eigenvalue weighted by Gasteiger charge is -2.28. The molecule has 1 aliphatic rings. The minimum atomic E-state index is -0.391. The maximum atomic E-state index is 12.6. The molecule has 0 unspecified atom stereocenters. The number of hydrogen-bond acceptors (Lipinski definition) is 5. The molecule has 3 heterocycles. The smallest absolute Gasteiger partial charge is 0.277 e. The second kappa shape index (κ2) is 7.14. The zero-order chi connectivity index (χ0) is 19.8. The van der Waals surface area contributed by atoms with E-state index in [1.54, 1.807) is 6.07 Å². The highest BCUT2D eigenvalue weighted by Gasteiger charge is 2.20. The average Bonchev–Trinajstić information content (AvgIpc) is 3.20. The number of nitrogens with one attached hydrogen (secondary N) is 2. The van der Waals surface area contributed by atoms with Gasteiger partial charge in [-0.1, -0.05) is 41.6 Å². The van der Waals surface area contributed by atoms with Crippen LogP contribution in [-0.4, -0.2) is 50.3 Å². The van der Waals surface area contributed by atoms with Gasteiger partial charge in [-0.15, -0.1) is 5.10 Å². The van der Waals surface area contributed by atoms with Crippen molar-refractivity contribution in [2.45, 2.75) is 13.0 Å². The minimum Gasteiger partial charge on any atom is -0.349 e. The zero-order valence-electron chi connectivity index (χ0n) is 15.8. The third-order valence-corrected chi connectivity index (χ3v) is 5.40. The summed E-state index contributed by atoms with van der Waals surface area (Å²) < 4.78 is 1.42. The predicted molar refractivity (Wildman–Crippen MR) is 109 cm³/mol. The fourth-order valence-corrected chi connectivity index (χ4v) is 3.91. The number of H-pyrrole nitrogens is 1. The Morgan fingerprint density at radius 2 is 1.90 bits per heavy atom. The van der Waals surface area contributed by atoms with Crippen LogP contribution in [0.2, 0.25) is 0 Å². The normalized spacial score (nSPS) is 14.2. The molecule has 8 heteroatoms. The Morgan fingerprint density at radius 1 is 1.10 bits per heavy atom. The fourth-order valence-electron chi connectivity index (χ4n) is 3.91. The molecule has 0 spiro atoms. The lowest BCUT2D eigenvalue weighted by atomic mass is 10.00. The third kappa shape index (κ3) is 3.17. The molecule has 4 aromatic rings. The third-order valence-electron chi connectivity index (χ3n) is 5.40. The van der Waals surface area contributed by atoms with E-state index < -0.39 is 5.91 Å². The van der Waals surface area contributed by atoms with Crippen LogP contribution in [-0.2, 0) is 13.0 Å². The van der Waals surface area contributed by atoms with E-state index in [1.807, 2.05) is 18.2 Å². The van der Waals surface area contributed by atoms with Gasteiger partial charge < -0.3 is 10.3 Å². The number of para-hydroxylation sites is 2. The van der Waals surface area contributed by atoms with Gasteiger partial charge in [-0.2, -0.15) is 0 Å². The monoisotopic (exact) mass is 388 g/mol. The van der Waals surface area contributed by atoms with Gasteiger partial charge >= 0.3 is 0 Å². The van der Waals surface area contributed by atoms with Crippen molar-refractivity contribution < 1.29 is 4.79 Å². The molecule has 0 bridgehead atoms. The molecule has 29 heavy (non-hydrogen) atoms. The molecule has 2 aromatic heterocycles. The van der Waals surface area contributed by atoms with E-state index in [-0.39, 0.29) is 16.8 Å². The fraction of sp³-hybridized carbons (Fsp3) is 0.238. The first-order valence-electron chi connectivity index (χ1n) is 9.64. The molecular weight excluding hydrogens is 368 g/mol. The molecule has 146 valence electrons. The van der Waals surface area contributed by atoms with Gasteiger partial charge in [0.25, 0.3) is 11.5 Å². The first-order chi connectivity index (χ1) is 14.2. The minimum absolute atomic E-state index is 0.0426. The van der Waals surface area contributed by atoms with Gasteiger partial charge in [-0.25, -0.2) is 4.52 Å². The second-order valence-corrected chi connectivity index (χ2v) is 7.22. The molecule has 2 N–H and O–H groups in total. The Labute approximate surface area is 166 Å². The standard InChI is InChI=1S/C21H20N6O2/c28-20(22-10-12-26-11-9-14-5-1-2-6-15(14)13-26)18-19-21(29)23-16-7-3-4-8-17(16)27(19)25-24-18/h1-8H,9-13H2,(H,22,28)(H,23,29). The number of carbonyl (C=O) groups is 1. The van der Waals surface area contributed by atoms with E-state index >= 15 is 0 Å².